The van der Waals surface area contributed by atoms with Crippen molar-refractivity contribution < 1.29 is 13.2 Å². The van der Waals surface area contributed by atoms with E-state index in [1.54, 1.807) is 12.1 Å². The molecular formula is C18H22N2O3S. The monoisotopic (exact) mass is 346 g/mol. The van der Waals surface area contributed by atoms with Crippen LogP contribution in [0.2, 0.25) is 0 Å². The van der Waals surface area contributed by atoms with Crippen molar-refractivity contribution in [3.8, 4) is 0 Å². The molecule has 2 rings (SSSR count). The molecule has 0 aliphatic carbocycles. The Bertz CT molecular complexity index is 887. The van der Waals surface area contributed by atoms with Gasteiger partial charge in [-0.05, 0) is 55.7 Å². The van der Waals surface area contributed by atoms with Gasteiger partial charge < -0.3 is 5.32 Å². The van der Waals surface area contributed by atoms with Crippen molar-refractivity contribution in [2.45, 2.75) is 25.7 Å². The van der Waals surface area contributed by atoms with Crippen LogP contribution in [0.5, 0.6) is 0 Å². The Hall–Kier alpha value is -2.18. The predicted octanol–water partition coefficient (Wildman–Crippen LogP) is 3.11. The molecule has 1 N–H and O–H groups in total. The van der Waals surface area contributed by atoms with Gasteiger partial charge >= 0.3 is 0 Å². The first-order valence-corrected chi connectivity index (χ1v) is 8.99. The van der Waals surface area contributed by atoms with Crippen molar-refractivity contribution >= 4 is 21.6 Å². The zero-order chi connectivity index (χ0) is 18.1. The van der Waals surface area contributed by atoms with Crippen LogP contribution in [0.25, 0.3) is 0 Å². The van der Waals surface area contributed by atoms with Gasteiger partial charge in [0.05, 0.1) is 4.90 Å². The number of aryl methyl sites for hydroxylation is 2. The Kier molecular flexibility index (Phi) is 5.11. The maximum Gasteiger partial charge on any atom is 0.255 e. The Balaban J connectivity index is 2.40. The molecule has 0 saturated heterocycles. The van der Waals surface area contributed by atoms with Gasteiger partial charge in [-0.25, -0.2) is 12.7 Å². The molecule has 0 spiro atoms. The maximum atomic E-state index is 12.6. The van der Waals surface area contributed by atoms with Gasteiger partial charge in [-0.15, -0.1) is 0 Å². The highest BCUT2D eigenvalue weighted by Gasteiger charge is 2.19. The molecular weight excluding hydrogens is 324 g/mol. The summed E-state index contributed by atoms with van der Waals surface area (Å²) in [7, 11) is -0.598. The average molecular weight is 346 g/mol. The summed E-state index contributed by atoms with van der Waals surface area (Å²) >= 11 is 0. The number of hydrogen-bond donors (Lipinski definition) is 1. The lowest BCUT2D eigenvalue weighted by Crippen LogP contribution is -2.22. The molecule has 0 heterocycles. The summed E-state index contributed by atoms with van der Waals surface area (Å²) in [5.74, 6) is -0.251. The van der Waals surface area contributed by atoms with Crippen LogP contribution in [-0.2, 0) is 10.0 Å². The summed E-state index contributed by atoms with van der Waals surface area (Å²) in [5.41, 5.74) is 3.80. The first-order valence-electron chi connectivity index (χ1n) is 7.55. The second kappa shape index (κ2) is 6.75. The zero-order valence-corrected chi connectivity index (χ0v) is 15.4. The molecule has 0 bridgehead atoms. The van der Waals surface area contributed by atoms with Crippen molar-refractivity contribution in [2.75, 3.05) is 19.4 Å². The highest BCUT2D eigenvalue weighted by molar-refractivity contribution is 7.89. The molecule has 0 saturated carbocycles. The summed E-state index contributed by atoms with van der Waals surface area (Å²) in [5, 5.41) is 2.82. The van der Waals surface area contributed by atoms with Crippen molar-refractivity contribution in [1.82, 2.24) is 4.31 Å². The van der Waals surface area contributed by atoms with Crippen LogP contribution in [0.4, 0.5) is 5.69 Å². The van der Waals surface area contributed by atoms with E-state index in [1.807, 2.05) is 32.9 Å². The molecule has 6 heteroatoms. The van der Waals surface area contributed by atoms with Crippen LogP contribution in [0.1, 0.15) is 27.0 Å². The number of benzene rings is 2. The van der Waals surface area contributed by atoms with Crippen molar-refractivity contribution in [1.29, 1.82) is 0 Å². The first-order chi connectivity index (χ1) is 11.1. The summed E-state index contributed by atoms with van der Waals surface area (Å²) < 4.78 is 25.7. The van der Waals surface area contributed by atoms with Crippen LogP contribution in [0.15, 0.2) is 41.3 Å². The van der Waals surface area contributed by atoms with E-state index in [9.17, 15) is 13.2 Å². The third-order valence-electron chi connectivity index (χ3n) is 4.09. The normalized spacial score (nSPS) is 11.6. The number of amides is 1. The molecule has 0 aromatic heterocycles. The van der Waals surface area contributed by atoms with Crippen LogP contribution < -0.4 is 5.32 Å². The van der Waals surface area contributed by atoms with Crippen molar-refractivity contribution in [3.63, 3.8) is 0 Å². The van der Waals surface area contributed by atoms with Crippen LogP contribution in [-0.4, -0.2) is 32.7 Å². The summed E-state index contributed by atoms with van der Waals surface area (Å²) in [4.78, 5) is 12.7. The highest BCUT2D eigenvalue weighted by atomic mass is 32.2. The largest absolute Gasteiger partial charge is 0.322 e. The molecule has 1 amide bonds. The number of carbonyl (C=O) groups excluding carboxylic acids is 1. The van der Waals surface area contributed by atoms with Gasteiger partial charge in [0, 0.05) is 25.3 Å². The number of carbonyl (C=O) groups is 1. The van der Waals surface area contributed by atoms with E-state index in [-0.39, 0.29) is 10.8 Å². The topological polar surface area (TPSA) is 66.5 Å². The SMILES string of the molecule is Cc1ccc(S(=O)(=O)N(C)C)cc1NC(=O)c1cccc(C)c1C. The molecule has 0 atom stereocenters. The van der Waals surface area contributed by atoms with Crippen LogP contribution in [0.3, 0.4) is 0 Å². The third kappa shape index (κ3) is 3.49. The number of anilines is 1. The fourth-order valence-electron chi connectivity index (χ4n) is 2.29. The number of rotatable bonds is 4. The molecule has 0 aliphatic rings. The molecule has 2 aromatic rings. The first kappa shape index (κ1) is 18.2. The lowest BCUT2D eigenvalue weighted by Gasteiger charge is -2.15. The second-order valence-electron chi connectivity index (χ2n) is 5.97. The molecule has 0 fully saturated rings. The molecule has 128 valence electrons. The molecule has 2 aromatic carbocycles. The number of sulfonamides is 1. The molecule has 0 radical (unpaired) electrons. The van der Waals surface area contributed by atoms with Gasteiger partial charge in [-0.2, -0.15) is 0 Å². The van der Waals surface area contributed by atoms with Gasteiger partial charge in [0.1, 0.15) is 0 Å². The van der Waals surface area contributed by atoms with E-state index in [2.05, 4.69) is 5.32 Å². The van der Waals surface area contributed by atoms with E-state index in [1.165, 1.54) is 26.2 Å². The highest BCUT2D eigenvalue weighted by Crippen LogP contribution is 2.23. The number of nitrogens with zero attached hydrogens (tertiary/aromatic N) is 1. The fraction of sp³-hybridized carbons (Fsp3) is 0.278. The summed E-state index contributed by atoms with van der Waals surface area (Å²) in [6.45, 7) is 5.66. The summed E-state index contributed by atoms with van der Waals surface area (Å²) in [6.07, 6.45) is 0. The van der Waals surface area contributed by atoms with Gasteiger partial charge in [0.15, 0.2) is 0 Å². The third-order valence-corrected chi connectivity index (χ3v) is 5.90. The van der Waals surface area contributed by atoms with E-state index in [0.717, 1.165) is 21.0 Å². The molecule has 5 nitrogen and oxygen atoms in total. The van der Waals surface area contributed by atoms with Crippen LogP contribution >= 0.6 is 0 Å². The lowest BCUT2D eigenvalue weighted by atomic mass is 10.0. The predicted molar refractivity (Wildman–Crippen MR) is 95.9 cm³/mol. The van der Waals surface area contributed by atoms with E-state index in [0.29, 0.717) is 11.3 Å². The van der Waals surface area contributed by atoms with Gasteiger partial charge in [-0.3, -0.25) is 4.79 Å². The van der Waals surface area contributed by atoms with Gasteiger partial charge in [-0.1, -0.05) is 18.2 Å². The minimum atomic E-state index is -3.55. The number of nitrogens with one attached hydrogen (secondary N) is 1. The second-order valence-corrected chi connectivity index (χ2v) is 8.12. The summed E-state index contributed by atoms with van der Waals surface area (Å²) in [6, 6.07) is 10.3. The molecule has 0 unspecified atom stereocenters. The Labute approximate surface area is 143 Å². The van der Waals surface area contributed by atoms with E-state index in [4.69, 9.17) is 0 Å². The smallest absolute Gasteiger partial charge is 0.255 e. The Morgan fingerprint density at radius 2 is 1.67 bits per heavy atom. The van der Waals surface area contributed by atoms with Gasteiger partial charge in [0.2, 0.25) is 10.0 Å². The van der Waals surface area contributed by atoms with Crippen LogP contribution in [0, 0.1) is 20.8 Å². The average Bonchev–Trinajstić information content (AvgIpc) is 2.51. The van der Waals surface area contributed by atoms with E-state index < -0.39 is 10.0 Å². The number of hydrogen-bond acceptors (Lipinski definition) is 3. The quantitative estimate of drug-likeness (QED) is 0.925. The lowest BCUT2D eigenvalue weighted by molar-refractivity contribution is 0.102. The van der Waals surface area contributed by atoms with Crippen molar-refractivity contribution in [2.24, 2.45) is 0 Å². The minimum Gasteiger partial charge on any atom is -0.322 e. The molecule has 24 heavy (non-hydrogen) atoms. The minimum absolute atomic E-state index is 0.148. The Morgan fingerprint density at radius 3 is 2.29 bits per heavy atom. The fourth-order valence-corrected chi connectivity index (χ4v) is 3.22. The van der Waals surface area contributed by atoms with Gasteiger partial charge in [0.25, 0.3) is 5.91 Å². The Morgan fingerprint density at radius 1 is 1.00 bits per heavy atom. The van der Waals surface area contributed by atoms with Crippen molar-refractivity contribution in [3.05, 3.63) is 58.7 Å². The molecule has 0 aliphatic heterocycles. The standard InChI is InChI=1S/C18H22N2O3S/c1-12-7-6-8-16(14(12)3)18(21)19-17-11-15(10-9-13(17)2)24(22,23)20(4)5/h6-11H,1-5H3,(H,19,21). The maximum absolute atomic E-state index is 12.6. The van der Waals surface area contributed by atoms with E-state index >= 15 is 0 Å². The zero-order valence-electron chi connectivity index (χ0n) is 14.5.